The third-order valence-corrected chi connectivity index (χ3v) is 9.75. The minimum absolute atomic E-state index is 0.151. The zero-order valence-electron chi connectivity index (χ0n) is 23.0. The van der Waals surface area contributed by atoms with Crippen LogP contribution in [0.5, 0.6) is 0 Å². The van der Waals surface area contributed by atoms with Crippen molar-refractivity contribution in [3.8, 4) is 0 Å². The van der Waals surface area contributed by atoms with E-state index in [1.54, 1.807) is 18.2 Å². The number of aliphatic hydroxyl groups is 1. The molecular formula is C32H36N4O4S. The number of fused-ring (bicyclic) bond motifs is 1. The van der Waals surface area contributed by atoms with Crippen molar-refractivity contribution >= 4 is 33.0 Å². The van der Waals surface area contributed by atoms with E-state index in [-0.39, 0.29) is 17.4 Å². The van der Waals surface area contributed by atoms with Crippen molar-refractivity contribution in [2.24, 2.45) is 16.8 Å². The van der Waals surface area contributed by atoms with Crippen LogP contribution in [0.15, 0.2) is 82.7 Å². The van der Waals surface area contributed by atoms with Crippen LogP contribution in [0.2, 0.25) is 0 Å². The molecule has 2 heterocycles. The molecule has 6 rings (SSSR count). The largest absolute Gasteiger partial charge is 0.396 e. The molecule has 214 valence electrons. The van der Waals surface area contributed by atoms with E-state index in [0.29, 0.717) is 35.3 Å². The second-order valence-corrected chi connectivity index (χ2v) is 13.2. The first-order valence-electron chi connectivity index (χ1n) is 14.4. The van der Waals surface area contributed by atoms with Crippen LogP contribution in [0.1, 0.15) is 48.3 Å². The SMILES string of the molecule is O=C1Nc2ccc(S(=O)(=O)NCC3CC3)cc2C1C(=Nc1ccc(CN2CCC(CO)CC2)cc1)c1ccccc1. The van der Waals surface area contributed by atoms with Gasteiger partial charge in [0.15, 0.2) is 0 Å². The van der Waals surface area contributed by atoms with Gasteiger partial charge in [0, 0.05) is 25.4 Å². The molecule has 1 unspecified atom stereocenters. The maximum Gasteiger partial charge on any atom is 0.240 e. The highest BCUT2D eigenvalue weighted by Crippen LogP contribution is 2.38. The van der Waals surface area contributed by atoms with Gasteiger partial charge in [-0.25, -0.2) is 13.1 Å². The molecule has 8 nitrogen and oxygen atoms in total. The number of nitrogens with zero attached hydrogens (tertiary/aromatic N) is 2. The second-order valence-electron chi connectivity index (χ2n) is 11.4. The Morgan fingerprint density at radius 3 is 2.37 bits per heavy atom. The summed E-state index contributed by atoms with van der Waals surface area (Å²) in [5.74, 6) is -0.158. The quantitative estimate of drug-likeness (QED) is 0.311. The number of aliphatic hydroxyl groups excluding tert-OH is 1. The number of carbonyl (C=O) groups excluding carboxylic acids is 1. The van der Waals surface area contributed by atoms with Crippen LogP contribution < -0.4 is 10.0 Å². The number of carbonyl (C=O) groups is 1. The monoisotopic (exact) mass is 572 g/mol. The van der Waals surface area contributed by atoms with Gasteiger partial charge in [-0.2, -0.15) is 0 Å². The first-order valence-corrected chi connectivity index (χ1v) is 15.9. The maximum atomic E-state index is 13.4. The molecule has 1 atom stereocenters. The fraction of sp³-hybridized carbons (Fsp3) is 0.375. The molecule has 9 heteroatoms. The average molecular weight is 573 g/mol. The number of nitrogens with one attached hydrogen (secondary N) is 2. The smallest absolute Gasteiger partial charge is 0.240 e. The van der Waals surface area contributed by atoms with Gasteiger partial charge in [-0.1, -0.05) is 42.5 Å². The van der Waals surface area contributed by atoms with Crippen molar-refractivity contribution < 1.29 is 18.3 Å². The number of rotatable bonds is 10. The molecule has 0 spiro atoms. The normalized spacial score (nSPS) is 20.2. The van der Waals surface area contributed by atoms with E-state index in [1.165, 1.54) is 5.56 Å². The van der Waals surface area contributed by atoms with Crippen molar-refractivity contribution in [1.82, 2.24) is 9.62 Å². The van der Waals surface area contributed by atoms with Gasteiger partial charge in [-0.3, -0.25) is 14.7 Å². The van der Waals surface area contributed by atoms with Crippen LogP contribution in [-0.4, -0.2) is 56.3 Å². The Morgan fingerprint density at radius 2 is 1.68 bits per heavy atom. The summed E-state index contributed by atoms with van der Waals surface area (Å²) in [7, 11) is -3.69. The van der Waals surface area contributed by atoms with Crippen molar-refractivity contribution in [3.05, 3.63) is 89.5 Å². The summed E-state index contributed by atoms with van der Waals surface area (Å²) in [4.78, 5) is 20.9. The van der Waals surface area contributed by atoms with Crippen LogP contribution in [0.3, 0.4) is 0 Å². The van der Waals surface area contributed by atoms with Gasteiger partial charge in [-0.05, 0) is 97.6 Å². The van der Waals surface area contributed by atoms with Gasteiger partial charge in [0.2, 0.25) is 15.9 Å². The Hall–Kier alpha value is -3.37. The van der Waals surface area contributed by atoms with Crippen LogP contribution in [0, 0.1) is 11.8 Å². The molecule has 3 aliphatic rings. The van der Waals surface area contributed by atoms with Gasteiger partial charge >= 0.3 is 0 Å². The van der Waals surface area contributed by atoms with E-state index >= 15 is 0 Å². The van der Waals surface area contributed by atoms with Crippen LogP contribution in [0.4, 0.5) is 11.4 Å². The Labute approximate surface area is 241 Å². The van der Waals surface area contributed by atoms with Crippen molar-refractivity contribution in [2.45, 2.75) is 43.0 Å². The van der Waals surface area contributed by atoms with Gasteiger partial charge < -0.3 is 10.4 Å². The predicted octanol–water partition coefficient (Wildman–Crippen LogP) is 4.44. The predicted molar refractivity (Wildman–Crippen MR) is 160 cm³/mol. The van der Waals surface area contributed by atoms with Crippen LogP contribution >= 0.6 is 0 Å². The van der Waals surface area contributed by atoms with Crippen molar-refractivity contribution in [3.63, 3.8) is 0 Å². The van der Waals surface area contributed by atoms with E-state index in [2.05, 4.69) is 27.1 Å². The first-order chi connectivity index (χ1) is 19.9. The van der Waals surface area contributed by atoms with Gasteiger partial charge in [-0.15, -0.1) is 0 Å². The van der Waals surface area contributed by atoms with E-state index in [1.807, 2.05) is 42.5 Å². The van der Waals surface area contributed by atoms with E-state index in [0.717, 1.165) is 56.6 Å². The highest BCUT2D eigenvalue weighted by atomic mass is 32.2. The fourth-order valence-electron chi connectivity index (χ4n) is 5.62. The van der Waals surface area contributed by atoms with Crippen LogP contribution in [0.25, 0.3) is 0 Å². The minimum Gasteiger partial charge on any atom is -0.396 e. The molecule has 1 saturated heterocycles. The minimum atomic E-state index is -3.69. The lowest BCUT2D eigenvalue weighted by molar-refractivity contribution is -0.115. The molecule has 3 aromatic rings. The lowest BCUT2D eigenvalue weighted by atomic mass is 9.90. The first kappa shape index (κ1) is 27.8. The lowest BCUT2D eigenvalue weighted by Crippen LogP contribution is -2.34. The summed E-state index contributed by atoms with van der Waals surface area (Å²) in [6, 6.07) is 22.5. The summed E-state index contributed by atoms with van der Waals surface area (Å²) in [6.07, 6.45) is 4.14. The summed E-state index contributed by atoms with van der Waals surface area (Å²) in [5.41, 5.74) is 4.49. The lowest BCUT2D eigenvalue weighted by Gasteiger charge is -2.31. The molecule has 3 aromatic carbocycles. The Morgan fingerprint density at radius 1 is 0.951 bits per heavy atom. The Kier molecular flexibility index (Phi) is 8.03. The molecule has 0 radical (unpaired) electrons. The molecule has 0 aromatic heterocycles. The molecule has 3 N–H and O–H groups in total. The Bertz CT molecular complexity index is 1530. The second kappa shape index (κ2) is 11.9. The number of amides is 1. The summed E-state index contributed by atoms with van der Waals surface area (Å²) < 4.78 is 28.8. The zero-order valence-corrected chi connectivity index (χ0v) is 23.8. The van der Waals surface area contributed by atoms with Gasteiger partial charge in [0.25, 0.3) is 0 Å². The van der Waals surface area contributed by atoms with Crippen molar-refractivity contribution in [2.75, 3.05) is 31.6 Å². The summed E-state index contributed by atoms with van der Waals surface area (Å²) in [5, 5.41) is 12.3. The number of sulfonamides is 1. The average Bonchev–Trinajstić information content (AvgIpc) is 3.77. The molecule has 2 aliphatic heterocycles. The standard InChI is InChI=1S/C32H36N4O4S/c37-21-24-14-16-36(17-15-24)20-23-8-10-26(11-9-23)34-31(25-4-2-1-3-5-25)30-28-18-27(12-13-29(28)35-32(30)38)41(39,40)33-19-22-6-7-22/h1-5,8-13,18,22,24,30,33,37H,6-7,14-17,19-21H2,(H,35,38). The molecule has 1 aliphatic carbocycles. The number of piperidine rings is 1. The van der Waals surface area contributed by atoms with Crippen LogP contribution in [-0.2, 0) is 21.4 Å². The van der Waals surface area contributed by atoms with Crippen molar-refractivity contribution in [1.29, 1.82) is 0 Å². The number of hydrogen-bond donors (Lipinski definition) is 3. The molecule has 2 fully saturated rings. The molecule has 1 amide bonds. The third kappa shape index (κ3) is 6.43. The number of hydrogen-bond acceptors (Lipinski definition) is 6. The number of anilines is 1. The Balaban J connectivity index is 1.28. The maximum absolute atomic E-state index is 13.4. The van der Waals surface area contributed by atoms with E-state index < -0.39 is 15.9 Å². The molecular weight excluding hydrogens is 536 g/mol. The van der Waals surface area contributed by atoms with Gasteiger partial charge in [0.05, 0.1) is 16.3 Å². The third-order valence-electron chi connectivity index (χ3n) is 8.32. The number of likely N-dealkylation sites (tertiary alicyclic amines) is 1. The van der Waals surface area contributed by atoms with Gasteiger partial charge in [0.1, 0.15) is 5.92 Å². The molecule has 0 bridgehead atoms. The highest BCUT2D eigenvalue weighted by Gasteiger charge is 2.36. The summed E-state index contributed by atoms with van der Waals surface area (Å²) in [6.45, 7) is 3.51. The zero-order chi connectivity index (χ0) is 28.4. The molecule has 41 heavy (non-hydrogen) atoms. The summed E-state index contributed by atoms with van der Waals surface area (Å²) >= 11 is 0. The fourth-order valence-corrected chi connectivity index (χ4v) is 6.77. The van der Waals surface area contributed by atoms with E-state index in [9.17, 15) is 18.3 Å². The number of benzene rings is 3. The number of aliphatic imine (C=N–C) groups is 1. The highest BCUT2D eigenvalue weighted by molar-refractivity contribution is 7.89. The topological polar surface area (TPSA) is 111 Å². The molecule has 1 saturated carbocycles. The van der Waals surface area contributed by atoms with E-state index in [4.69, 9.17) is 4.99 Å².